The van der Waals surface area contributed by atoms with Gasteiger partial charge in [0.05, 0.1) is 51.2 Å². The summed E-state index contributed by atoms with van der Waals surface area (Å²) in [6.07, 6.45) is 19.1. The molecule has 18 rings (SSSR count). The van der Waals surface area contributed by atoms with Crippen LogP contribution in [0.25, 0.3) is 182 Å². The topological polar surface area (TPSA) is 147 Å². The van der Waals surface area contributed by atoms with E-state index in [-0.39, 0.29) is 16.6 Å². The smallest absolute Gasteiger partial charge is 0.124 e. The van der Waals surface area contributed by atoms with Gasteiger partial charge in [-0.25, -0.2) is 19.9 Å². The van der Waals surface area contributed by atoms with Crippen molar-refractivity contribution in [1.29, 1.82) is 0 Å². The first-order valence-electron chi connectivity index (χ1n) is 41.4. The Hall–Kier alpha value is -13.6. The molecule has 119 heavy (non-hydrogen) atoms. The molecule has 0 spiro atoms. The first-order chi connectivity index (χ1) is 57.0. The Bertz CT molecular complexity index is 6960. The van der Waals surface area contributed by atoms with E-state index in [2.05, 4.69) is 357 Å². The number of hydrogen-bond acceptors (Lipinski definition) is 6. The fourth-order valence-corrected chi connectivity index (χ4v) is 18.9. The Kier molecular flexibility index (Phi) is 19.0. The maximum Gasteiger partial charge on any atom is 0.124 e. The molecule has 16 bridgehead atoms. The number of aromatic nitrogens is 8. The number of phenols is 1. The van der Waals surface area contributed by atoms with Crippen molar-refractivity contribution in [2.24, 2.45) is 4.99 Å². The highest BCUT2D eigenvalue weighted by Gasteiger charge is 2.27. The summed E-state index contributed by atoms with van der Waals surface area (Å²) in [5, 5.41) is 12.5. The summed E-state index contributed by atoms with van der Waals surface area (Å²) in [6, 6.07) is 67.8. The van der Waals surface area contributed by atoms with Gasteiger partial charge in [0.1, 0.15) is 5.75 Å². The normalized spacial score (nSPS) is 12.7. The quantitative estimate of drug-likeness (QED) is 0.0865. The molecule has 14 aromatic rings. The van der Waals surface area contributed by atoms with Crippen molar-refractivity contribution in [2.45, 2.75) is 135 Å². The van der Waals surface area contributed by atoms with Crippen LogP contribution < -0.4 is 0 Å². The Labute approximate surface area is 697 Å². The van der Waals surface area contributed by atoms with Crippen molar-refractivity contribution < 1.29 is 5.11 Å². The highest BCUT2D eigenvalue weighted by Crippen LogP contribution is 2.47. The Morgan fingerprint density at radius 3 is 0.714 bits per heavy atom. The van der Waals surface area contributed by atoms with Crippen LogP contribution in [0.2, 0.25) is 0 Å². The zero-order valence-electron chi connectivity index (χ0n) is 71.3. The molecule has 0 unspecified atom stereocenters. The summed E-state index contributed by atoms with van der Waals surface area (Å²) >= 11 is 0. The molecule has 586 valence electrons. The molecule has 0 aliphatic carbocycles. The largest absolute Gasteiger partial charge is 0.507 e. The van der Waals surface area contributed by atoms with E-state index in [1.165, 1.54) is 77.9 Å². The van der Waals surface area contributed by atoms with Gasteiger partial charge in [-0.05, 0) is 315 Å². The summed E-state index contributed by atoms with van der Waals surface area (Å²) in [5.74, 6) is 0.0670. The van der Waals surface area contributed by atoms with E-state index in [4.69, 9.17) is 24.9 Å². The van der Waals surface area contributed by atoms with Crippen LogP contribution in [0.4, 0.5) is 5.69 Å². The van der Waals surface area contributed by atoms with Gasteiger partial charge < -0.3 is 25.0 Å². The number of phenolic OH excluding ortho intramolecular Hbond substituents is 1. The second-order valence-electron chi connectivity index (χ2n) is 35.3. The van der Waals surface area contributed by atoms with Gasteiger partial charge in [0.2, 0.25) is 0 Å². The van der Waals surface area contributed by atoms with E-state index in [0.717, 1.165) is 179 Å². The van der Waals surface area contributed by atoms with Crippen molar-refractivity contribution in [3.63, 3.8) is 0 Å². The Morgan fingerprint density at radius 1 is 0.252 bits per heavy atom. The van der Waals surface area contributed by atoms with E-state index >= 15 is 0 Å². The van der Waals surface area contributed by atoms with Crippen LogP contribution in [0.5, 0.6) is 5.75 Å². The lowest BCUT2D eigenvalue weighted by Gasteiger charge is -2.19. The van der Waals surface area contributed by atoms with Crippen LogP contribution in [-0.2, 0) is 10.8 Å². The van der Waals surface area contributed by atoms with Gasteiger partial charge in [-0.15, -0.1) is 0 Å². The number of aromatic amines is 4. The van der Waals surface area contributed by atoms with Crippen molar-refractivity contribution in [3.8, 4) is 94.8 Å². The molecule has 0 saturated carbocycles. The molecule has 6 aromatic heterocycles. The highest BCUT2D eigenvalue weighted by molar-refractivity contribution is 6.05. The molecule has 8 aromatic carbocycles. The monoisotopic (exact) mass is 1550 g/mol. The van der Waals surface area contributed by atoms with Gasteiger partial charge in [-0.1, -0.05) is 179 Å². The molecular weight excluding hydrogens is 1450 g/mol. The predicted octanol–water partition coefficient (Wildman–Crippen LogP) is 28.7. The zero-order valence-corrected chi connectivity index (χ0v) is 71.3. The molecule has 0 amide bonds. The van der Waals surface area contributed by atoms with Crippen LogP contribution in [-0.4, -0.2) is 51.2 Å². The van der Waals surface area contributed by atoms with Gasteiger partial charge in [-0.2, -0.15) is 0 Å². The molecule has 0 radical (unpaired) electrons. The van der Waals surface area contributed by atoms with Gasteiger partial charge in [0, 0.05) is 100 Å². The number of nitrogens with one attached hydrogen (secondary N) is 4. The van der Waals surface area contributed by atoms with Crippen molar-refractivity contribution in [3.05, 3.63) is 317 Å². The standard InChI is InChI=1S/C109H99N9O/c1-59-49-63(5)96(64(6)50-59)104-87-41-37-81(113-87)100(71-21-27-76(28-22-71)108(13,14)15)79-33-35-85(111-79)103(86-36-34-80(112-86)101(82-38-42-88(104)114-82)72-23-29-77(30-24-72)109(16,17)18)74-19-20-75(95(119)57-74)58-110-78-31-25-73(26-32-78)102-83-39-43-89(115-83)105(97-65(7)51-60(2)52-66(97)8)91-45-47-93(117-91)107(99-69(11)55-62(4)56-70(99)12)94-48-46-92(118-94)106(90-44-40-84(102)116-90)98-67(9)53-61(3)54-68(98)10/h19-58,111,114-115,118-119H,1-18H3. The summed E-state index contributed by atoms with van der Waals surface area (Å²) < 4.78 is 0. The zero-order chi connectivity index (χ0) is 82.9. The van der Waals surface area contributed by atoms with E-state index < -0.39 is 0 Å². The third kappa shape index (κ3) is 14.1. The van der Waals surface area contributed by atoms with Crippen molar-refractivity contribution >= 4 is 105 Å². The van der Waals surface area contributed by atoms with E-state index in [1.807, 2.05) is 24.3 Å². The molecule has 10 heterocycles. The van der Waals surface area contributed by atoms with E-state index in [1.54, 1.807) is 6.21 Å². The second-order valence-corrected chi connectivity index (χ2v) is 35.3. The number of hydrogen-bond donors (Lipinski definition) is 5. The van der Waals surface area contributed by atoms with Crippen LogP contribution >= 0.6 is 0 Å². The van der Waals surface area contributed by atoms with Gasteiger partial charge in [0.25, 0.3) is 0 Å². The van der Waals surface area contributed by atoms with E-state index in [9.17, 15) is 5.11 Å². The molecule has 0 fully saturated rings. The third-order valence-electron chi connectivity index (χ3n) is 24.1. The predicted molar refractivity (Wildman–Crippen MR) is 504 cm³/mol. The molecule has 10 heteroatoms. The third-order valence-corrected chi connectivity index (χ3v) is 24.1. The Balaban J connectivity index is 0.795. The average Bonchev–Trinajstić information content (AvgIpc) is 1.54. The highest BCUT2D eigenvalue weighted by atomic mass is 16.3. The molecule has 10 nitrogen and oxygen atoms in total. The Morgan fingerprint density at radius 2 is 0.471 bits per heavy atom. The van der Waals surface area contributed by atoms with Crippen LogP contribution in [0, 0.1) is 83.1 Å². The fraction of sp³-hybridized carbons (Fsp3) is 0.183. The molecule has 0 saturated heterocycles. The lowest BCUT2D eigenvalue weighted by atomic mass is 9.86. The lowest BCUT2D eigenvalue weighted by Crippen LogP contribution is -2.10. The molecule has 0 atom stereocenters. The maximum atomic E-state index is 12.5. The molecular formula is C109H99N9O. The minimum absolute atomic E-state index is 0.0512. The van der Waals surface area contributed by atoms with Crippen LogP contribution in [0.15, 0.2) is 193 Å². The summed E-state index contributed by atoms with van der Waals surface area (Å²) in [4.78, 5) is 43.8. The van der Waals surface area contributed by atoms with Crippen LogP contribution in [0.1, 0.15) is 171 Å². The first kappa shape index (κ1) is 76.7. The number of aromatic hydroxyl groups is 1. The maximum absolute atomic E-state index is 12.5. The van der Waals surface area contributed by atoms with Gasteiger partial charge >= 0.3 is 0 Å². The van der Waals surface area contributed by atoms with E-state index in [0.29, 0.717) is 11.3 Å². The molecule has 5 N–H and O–H groups in total. The lowest BCUT2D eigenvalue weighted by molar-refractivity contribution is 0.474. The number of fused-ring (bicyclic) bond motifs is 16. The summed E-state index contributed by atoms with van der Waals surface area (Å²) in [5.41, 5.74) is 48.1. The minimum Gasteiger partial charge on any atom is -0.507 e. The molecule has 4 aliphatic rings. The summed E-state index contributed by atoms with van der Waals surface area (Å²) in [7, 11) is 0. The number of H-pyrrole nitrogens is 4. The van der Waals surface area contributed by atoms with Crippen molar-refractivity contribution in [2.75, 3.05) is 0 Å². The second kappa shape index (κ2) is 29.6. The fourth-order valence-electron chi connectivity index (χ4n) is 18.9. The van der Waals surface area contributed by atoms with Crippen molar-refractivity contribution in [1.82, 2.24) is 39.9 Å². The molecule has 4 aliphatic heterocycles. The SMILES string of the molecule is Cc1cc(C)c(-c2c3nc(c(-c4ccc(C(C)(C)C)cc4)c4ccc([nH]4)c(-c4ccc(C=Nc5ccc(-c6c7nc(c(-c8c(C)cc(C)cc8C)c8ccc([nH]8)c(-c8c(C)cc(C)cc8C)c8nc(c(-c9c(C)cc(C)cc9C)c9ccc6[nH]9)C=C8)C=C7)cc5)c(O)c4)c4nc(c(-c5ccc(C(C)(C)C)cc5)c5ccc2[nH]5)C=C4)C=C3)c(C)c1. The van der Waals surface area contributed by atoms with Gasteiger partial charge in [-0.3, -0.25) is 4.99 Å². The number of aliphatic imine (C=N–C) groups is 1. The van der Waals surface area contributed by atoms with Gasteiger partial charge in [0.15, 0.2) is 0 Å². The minimum atomic E-state index is -0.0512. The number of aryl methyl sites for hydroxylation is 12. The number of rotatable bonds is 10. The van der Waals surface area contributed by atoms with Crippen LogP contribution in [0.3, 0.4) is 0 Å². The summed E-state index contributed by atoms with van der Waals surface area (Å²) in [6.45, 7) is 39.9. The number of benzene rings is 8. The first-order valence-corrected chi connectivity index (χ1v) is 41.4. The average molecular weight is 1550 g/mol. The number of nitrogens with zero attached hydrogens (tertiary/aromatic N) is 5.